The van der Waals surface area contributed by atoms with Crippen molar-refractivity contribution >= 4 is 21.8 Å². The molecule has 2 aliphatic rings. The number of piperazine rings is 1. The first-order valence-electron chi connectivity index (χ1n) is 11.1. The predicted octanol–water partition coefficient (Wildman–Crippen LogP) is 2.83. The number of nitrogens with zero attached hydrogens (tertiary/aromatic N) is 3. The third-order valence-electron chi connectivity index (χ3n) is 6.45. The van der Waals surface area contributed by atoms with E-state index in [4.69, 9.17) is 4.42 Å². The zero-order valence-corrected chi connectivity index (χ0v) is 19.1. The lowest BCUT2D eigenvalue weighted by molar-refractivity contribution is 0.0518. The quantitative estimate of drug-likeness (QED) is 0.686. The molecule has 0 N–H and O–H groups in total. The highest BCUT2D eigenvalue weighted by atomic mass is 32.2. The number of carbonyl (C=O) groups excluding carboxylic acids is 2. The number of hydrogen-bond acceptors (Lipinski definition) is 5. The van der Waals surface area contributed by atoms with E-state index in [1.165, 1.54) is 22.7 Å². The Morgan fingerprint density at radius 1 is 0.906 bits per heavy atom. The molecule has 2 heterocycles. The Labute approximate surface area is 188 Å². The number of rotatable bonds is 5. The van der Waals surface area contributed by atoms with Crippen molar-refractivity contribution in [2.45, 2.75) is 43.0 Å². The number of furan rings is 1. The van der Waals surface area contributed by atoms with Crippen molar-refractivity contribution in [1.29, 1.82) is 0 Å². The highest BCUT2D eigenvalue weighted by Crippen LogP contribution is 2.26. The molecule has 4 rings (SSSR count). The van der Waals surface area contributed by atoms with Crippen molar-refractivity contribution in [3.05, 3.63) is 54.0 Å². The van der Waals surface area contributed by atoms with Gasteiger partial charge in [0, 0.05) is 44.8 Å². The molecule has 0 unspecified atom stereocenters. The Balaban J connectivity index is 1.37. The maximum absolute atomic E-state index is 13.0. The van der Waals surface area contributed by atoms with E-state index in [9.17, 15) is 18.0 Å². The van der Waals surface area contributed by atoms with Crippen LogP contribution in [0.4, 0.5) is 0 Å². The third kappa shape index (κ3) is 4.59. The Morgan fingerprint density at radius 3 is 2.06 bits per heavy atom. The fourth-order valence-corrected chi connectivity index (χ4v) is 5.84. The number of sulfonamides is 1. The summed E-state index contributed by atoms with van der Waals surface area (Å²) in [4.78, 5) is 28.8. The van der Waals surface area contributed by atoms with E-state index in [1.54, 1.807) is 41.1 Å². The average Bonchev–Trinajstić information content (AvgIpc) is 3.38. The molecule has 1 aliphatic heterocycles. The van der Waals surface area contributed by atoms with Gasteiger partial charge in [-0.2, -0.15) is 4.31 Å². The summed E-state index contributed by atoms with van der Waals surface area (Å²) < 4.78 is 32.6. The molecule has 2 amide bonds. The van der Waals surface area contributed by atoms with Gasteiger partial charge in [-0.05, 0) is 49.2 Å². The lowest BCUT2D eigenvalue weighted by atomic mass is 9.96. The summed E-state index contributed by atoms with van der Waals surface area (Å²) in [5, 5.41) is 0. The van der Waals surface area contributed by atoms with Crippen LogP contribution in [-0.2, 0) is 10.0 Å². The van der Waals surface area contributed by atoms with Gasteiger partial charge >= 0.3 is 0 Å². The van der Waals surface area contributed by atoms with Gasteiger partial charge < -0.3 is 14.2 Å². The van der Waals surface area contributed by atoms with Crippen LogP contribution in [0.15, 0.2) is 52.0 Å². The van der Waals surface area contributed by atoms with Gasteiger partial charge in [0.25, 0.3) is 11.8 Å². The predicted molar refractivity (Wildman–Crippen MR) is 119 cm³/mol. The highest BCUT2D eigenvalue weighted by molar-refractivity contribution is 7.89. The minimum absolute atomic E-state index is 0.0373. The SMILES string of the molecule is CN(C1CCCCC1)S(=O)(=O)c1ccc(C(=O)N2CCN(C(=O)c3ccco3)CC2)cc1. The van der Waals surface area contributed by atoms with E-state index in [-0.39, 0.29) is 22.8 Å². The molecule has 0 bridgehead atoms. The Bertz CT molecular complexity index is 1040. The standard InChI is InChI=1S/C23H29N3O5S/c1-24(19-6-3-2-4-7-19)32(29,30)20-11-9-18(10-12-20)22(27)25-13-15-26(16-14-25)23(28)21-8-5-17-31-21/h5,8-12,17,19H,2-4,6-7,13-16H2,1H3. The number of amides is 2. The van der Waals surface area contributed by atoms with Crippen molar-refractivity contribution in [3.8, 4) is 0 Å². The zero-order chi connectivity index (χ0) is 22.7. The van der Waals surface area contributed by atoms with E-state index in [1.807, 2.05) is 0 Å². The van der Waals surface area contributed by atoms with E-state index in [0.717, 1.165) is 32.1 Å². The molecule has 8 nitrogen and oxygen atoms in total. The van der Waals surface area contributed by atoms with Crippen LogP contribution in [0.1, 0.15) is 53.0 Å². The zero-order valence-electron chi connectivity index (χ0n) is 18.3. The fourth-order valence-electron chi connectivity index (χ4n) is 4.43. The van der Waals surface area contributed by atoms with E-state index in [0.29, 0.717) is 37.5 Å². The molecular formula is C23H29N3O5S. The molecule has 1 aliphatic carbocycles. The van der Waals surface area contributed by atoms with Crippen LogP contribution in [0, 0.1) is 0 Å². The molecule has 2 aromatic rings. The van der Waals surface area contributed by atoms with Gasteiger partial charge in [-0.25, -0.2) is 8.42 Å². The van der Waals surface area contributed by atoms with Gasteiger partial charge in [-0.15, -0.1) is 0 Å². The molecule has 2 fully saturated rings. The monoisotopic (exact) mass is 459 g/mol. The molecule has 1 aromatic heterocycles. The number of hydrogen-bond donors (Lipinski definition) is 0. The average molecular weight is 460 g/mol. The summed E-state index contributed by atoms with van der Waals surface area (Å²) >= 11 is 0. The maximum Gasteiger partial charge on any atom is 0.289 e. The summed E-state index contributed by atoms with van der Waals surface area (Å²) in [5.41, 5.74) is 0.440. The van der Waals surface area contributed by atoms with E-state index in [2.05, 4.69) is 0 Å². The minimum Gasteiger partial charge on any atom is -0.459 e. The van der Waals surface area contributed by atoms with Gasteiger partial charge in [0.15, 0.2) is 5.76 Å². The summed E-state index contributed by atoms with van der Waals surface area (Å²) in [6.45, 7) is 1.67. The normalized spacial score (nSPS) is 18.2. The van der Waals surface area contributed by atoms with Gasteiger partial charge in [-0.1, -0.05) is 19.3 Å². The van der Waals surface area contributed by atoms with Gasteiger partial charge in [0.05, 0.1) is 11.2 Å². The first-order valence-corrected chi connectivity index (χ1v) is 12.5. The maximum atomic E-state index is 13.0. The highest BCUT2D eigenvalue weighted by Gasteiger charge is 2.30. The molecule has 1 aromatic carbocycles. The smallest absolute Gasteiger partial charge is 0.289 e. The molecule has 0 spiro atoms. The molecule has 172 valence electrons. The van der Waals surface area contributed by atoms with Crippen LogP contribution in [-0.4, -0.2) is 73.6 Å². The molecule has 0 atom stereocenters. The van der Waals surface area contributed by atoms with E-state index >= 15 is 0 Å². The number of benzene rings is 1. The van der Waals surface area contributed by atoms with Crippen LogP contribution in [0.2, 0.25) is 0 Å². The summed E-state index contributed by atoms with van der Waals surface area (Å²) in [5.74, 6) is -0.0572. The first kappa shape index (κ1) is 22.5. The van der Waals surface area contributed by atoms with E-state index < -0.39 is 10.0 Å². The van der Waals surface area contributed by atoms with Crippen LogP contribution in [0.3, 0.4) is 0 Å². The van der Waals surface area contributed by atoms with Crippen molar-refractivity contribution in [3.63, 3.8) is 0 Å². The van der Waals surface area contributed by atoms with Gasteiger partial charge in [0.1, 0.15) is 0 Å². The largest absolute Gasteiger partial charge is 0.459 e. The second-order valence-corrected chi connectivity index (χ2v) is 10.4. The lowest BCUT2D eigenvalue weighted by Crippen LogP contribution is -2.50. The summed E-state index contributed by atoms with van der Waals surface area (Å²) in [6.07, 6.45) is 6.51. The molecular weight excluding hydrogens is 430 g/mol. The lowest BCUT2D eigenvalue weighted by Gasteiger charge is -2.34. The van der Waals surface area contributed by atoms with Crippen molar-refractivity contribution in [2.75, 3.05) is 33.2 Å². The number of carbonyl (C=O) groups is 2. The van der Waals surface area contributed by atoms with Crippen LogP contribution in [0.5, 0.6) is 0 Å². The topological polar surface area (TPSA) is 91.1 Å². The van der Waals surface area contributed by atoms with Crippen LogP contribution >= 0.6 is 0 Å². The second kappa shape index (κ2) is 9.46. The minimum atomic E-state index is -3.59. The van der Waals surface area contributed by atoms with Gasteiger partial charge in [0.2, 0.25) is 10.0 Å². The van der Waals surface area contributed by atoms with Crippen LogP contribution in [0.25, 0.3) is 0 Å². The molecule has 0 radical (unpaired) electrons. The molecule has 1 saturated heterocycles. The fraction of sp³-hybridized carbons (Fsp3) is 0.478. The third-order valence-corrected chi connectivity index (χ3v) is 8.38. The van der Waals surface area contributed by atoms with Gasteiger partial charge in [-0.3, -0.25) is 9.59 Å². The molecule has 32 heavy (non-hydrogen) atoms. The van der Waals surface area contributed by atoms with Crippen molar-refractivity contribution < 1.29 is 22.4 Å². The summed E-state index contributed by atoms with van der Waals surface area (Å²) in [6, 6.07) is 9.51. The van der Waals surface area contributed by atoms with Crippen molar-refractivity contribution in [1.82, 2.24) is 14.1 Å². The Hall–Kier alpha value is -2.65. The summed E-state index contributed by atoms with van der Waals surface area (Å²) in [7, 11) is -1.94. The van der Waals surface area contributed by atoms with Crippen molar-refractivity contribution in [2.24, 2.45) is 0 Å². The van der Waals surface area contributed by atoms with Crippen LogP contribution < -0.4 is 0 Å². The molecule has 1 saturated carbocycles. The Kier molecular flexibility index (Phi) is 6.66. The second-order valence-electron chi connectivity index (χ2n) is 8.40. The Morgan fingerprint density at radius 2 is 1.50 bits per heavy atom. The molecule has 9 heteroatoms. The first-order chi connectivity index (χ1) is 15.4.